The first-order valence-electron chi connectivity index (χ1n) is 12.2. The Morgan fingerprint density at radius 1 is 1.11 bits per heavy atom. The van der Waals surface area contributed by atoms with Gasteiger partial charge in [-0.15, -0.1) is 0 Å². The molecule has 1 aliphatic carbocycles. The minimum atomic E-state index is -1.33. The van der Waals surface area contributed by atoms with Gasteiger partial charge in [-0.2, -0.15) is 4.39 Å². The molecule has 0 fully saturated rings. The molecule has 0 aliphatic heterocycles. The predicted octanol–water partition coefficient (Wildman–Crippen LogP) is 6.63. The lowest BCUT2D eigenvalue weighted by Gasteiger charge is -2.14. The number of aliphatic imine (C=N–C) groups is 1. The number of hydrogen-bond acceptors (Lipinski definition) is 5. The number of carbonyl (C=O) groups is 2. The molecule has 0 atom stereocenters. The van der Waals surface area contributed by atoms with Gasteiger partial charge in [-0.05, 0) is 74.4 Å². The molecule has 9 heteroatoms. The van der Waals surface area contributed by atoms with Crippen molar-refractivity contribution in [2.75, 3.05) is 5.73 Å². The lowest BCUT2D eigenvalue weighted by atomic mass is 9.96. The van der Waals surface area contributed by atoms with E-state index in [-0.39, 0.29) is 11.3 Å². The highest BCUT2D eigenvalue weighted by molar-refractivity contribution is 6.04. The SMILES string of the molecule is CC.CC.CCc1cc(F)cc(C(N)=O)c1N=C(C)C1=CCCCC1.Nc1ccc(F)nc1C(=O)O. The summed E-state index contributed by atoms with van der Waals surface area (Å²) in [7, 11) is 0. The van der Waals surface area contributed by atoms with Gasteiger partial charge in [0.1, 0.15) is 5.82 Å². The molecule has 0 saturated carbocycles. The van der Waals surface area contributed by atoms with Gasteiger partial charge in [0, 0.05) is 5.71 Å². The molecule has 1 amide bonds. The molecule has 3 rings (SSSR count). The number of carboxylic acids is 1. The fourth-order valence-electron chi connectivity index (χ4n) is 3.27. The first-order chi connectivity index (χ1) is 17.1. The van der Waals surface area contributed by atoms with E-state index in [0.29, 0.717) is 17.7 Å². The zero-order chi connectivity index (χ0) is 27.8. The Morgan fingerprint density at radius 3 is 2.22 bits per heavy atom. The molecule has 0 bridgehead atoms. The number of nitrogens with two attached hydrogens (primary N) is 2. The second-order valence-electron chi connectivity index (χ2n) is 7.23. The molecule has 36 heavy (non-hydrogen) atoms. The van der Waals surface area contributed by atoms with Crippen molar-refractivity contribution in [1.29, 1.82) is 0 Å². The van der Waals surface area contributed by atoms with Crippen molar-refractivity contribution in [2.45, 2.75) is 73.6 Å². The summed E-state index contributed by atoms with van der Waals surface area (Å²) in [5, 5.41) is 8.38. The Hall–Kier alpha value is -3.62. The standard InChI is InChI=1S/C17H21FN2O.C6H5FN2O2.2C2H6/c1-3-12-9-14(18)10-15(17(19)21)16(12)20-11(2)13-7-5-4-6-8-13;7-4-2-1-3(8)5(9-4)6(10)11;2*1-2/h7,9-10H,3-6,8H2,1-2H3,(H2,19,21);1-2H,8H2,(H,10,11);2*1-2H3. The third kappa shape index (κ3) is 9.93. The number of pyridine rings is 1. The normalized spacial score (nSPS) is 12.4. The molecule has 1 heterocycles. The number of hydrogen-bond donors (Lipinski definition) is 3. The van der Waals surface area contributed by atoms with E-state index in [2.05, 4.69) is 16.1 Å². The van der Waals surface area contributed by atoms with E-state index in [9.17, 15) is 18.4 Å². The monoisotopic (exact) mass is 504 g/mol. The molecule has 0 spiro atoms. The topological polar surface area (TPSA) is 132 Å². The van der Waals surface area contributed by atoms with Crippen LogP contribution in [0.2, 0.25) is 0 Å². The number of primary amides is 1. The van der Waals surface area contributed by atoms with Gasteiger partial charge in [-0.25, -0.2) is 14.2 Å². The maximum Gasteiger partial charge on any atom is 0.356 e. The molecule has 0 saturated heterocycles. The van der Waals surface area contributed by atoms with Crippen molar-refractivity contribution in [2.24, 2.45) is 10.7 Å². The molecule has 1 aromatic heterocycles. The molecule has 0 radical (unpaired) electrons. The number of carboxylic acid groups (broad SMARTS) is 1. The number of amides is 1. The lowest BCUT2D eigenvalue weighted by molar-refractivity contribution is 0.0690. The smallest absolute Gasteiger partial charge is 0.356 e. The number of allylic oxidation sites excluding steroid dienone is 2. The van der Waals surface area contributed by atoms with Gasteiger partial charge in [-0.1, -0.05) is 40.7 Å². The molecular formula is C27H38F2N4O3. The van der Waals surface area contributed by atoms with Crippen molar-refractivity contribution < 1.29 is 23.5 Å². The second kappa shape index (κ2) is 16.9. The highest BCUT2D eigenvalue weighted by atomic mass is 19.1. The summed E-state index contributed by atoms with van der Waals surface area (Å²) in [6.45, 7) is 11.8. The van der Waals surface area contributed by atoms with E-state index in [4.69, 9.17) is 16.6 Å². The number of aryl methyl sites for hydroxylation is 1. The van der Waals surface area contributed by atoms with Crippen LogP contribution in [0.3, 0.4) is 0 Å². The van der Waals surface area contributed by atoms with Crippen LogP contribution in [-0.4, -0.2) is 27.7 Å². The summed E-state index contributed by atoms with van der Waals surface area (Å²) in [6, 6.07) is 4.75. The van der Waals surface area contributed by atoms with Gasteiger partial charge < -0.3 is 16.6 Å². The molecule has 2 aromatic rings. The van der Waals surface area contributed by atoms with E-state index in [1.165, 1.54) is 24.1 Å². The number of aromatic nitrogens is 1. The first kappa shape index (κ1) is 32.4. The average Bonchev–Trinajstić information content (AvgIpc) is 2.89. The van der Waals surface area contributed by atoms with Crippen molar-refractivity contribution in [3.05, 3.63) is 64.5 Å². The van der Waals surface area contributed by atoms with Gasteiger partial charge in [-0.3, -0.25) is 9.79 Å². The third-order valence-corrected chi connectivity index (χ3v) is 4.93. The van der Waals surface area contributed by atoms with Crippen LogP contribution in [0.5, 0.6) is 0 Å². The van der Waals surface area contributed by atoms with Crippen molar-refractivity contribution >= 4 is 29.0 Å². The lowest BCUT2D eigenvalue weighted by Crippen LogP contribution is -2.13. The third-order valence-electron chi connectivity index (χ3n) is 4.93. The average molecular weight is 505 g/mol. The highest BCUT2D eigenvalue weighted by Crippen LogP contribution is 2.29. The van der Waals surface area contributed by atoms with Crippen LogP contribution in [-0.2, 0) is 6.42 Å². The van der Waals surface area contributed by atoms with E-state index >= 15 is 0 Å². The summed E-state index contributed by atoms with van der Waals surface area (Å²) in [5.74, 6) is -3.28. The van der Waals surface area contributed by atoms with Gasteiger partial charge >= 0.3 is 5.97 Å². The highest BCUT2D eigenvalue weighted by Gasteiger charge is 2.15. The van der Waals surface area contributed by atoms with Crippen LogP contribution in [0.25, 0.3) is 0 Å². The van der Waals surface area contributed by atoms with Gasteiger partial charge in [0.15, 0.2) is 5.69 Å². The summed E-state index contributed by atoms with van der Waals surface area (Å²) >= 11 is 0. The maximum absolute atomic E-state index is 13.6. The summed E-state index contributed by atoms with van der Waals surface area (Å²) in [5.41, 5.74) is 13.5. The molecule has 7 nitrogen and oxygen atoms in total. The minimum absolute atomic E-state index is 0.0427. The number of rotatable bonds is 5. The first-order valence-corrected chi connectivity index (χ1v) is 12.2. The second-order valence-corrected chi connectivity index (χ2v) is 7.23. The zero-order valence-electron chi connectivity index (χ0n) is 22.0. The maximum atomic E-state index is 13.6. The summed E-state index contributed by atoms with van der Waals surface area (Å²) in [6.07, 6.45) is 7.23. The molecule has 198 valence electrons. The van der Waals surface area contributed by atoms with Gasteiger partial charge in [0.2, 0.25) is 5.95 Å². The Balaban J connectivity index is 0.000000688. The van der Waals surface area contributed by atoms with Gasteiger partial charge in [0.05, 0.1) is 16.9 Å². The number of carbonyl (C=O) groups excluding carboxylic acids is 1. The molecule has 1 aromatic carbocycles. The summed E-state index contributed by atoms with van der Waals surface area (Å²) in [4.78, 5) is 29.5. The largest absolute Gasteiger partial charge is 0.476 e. The number of anilines is 1. The number of nitrogen functional groups attached to an aromatic ring is 1. The van der Waals surface area contributed by atoms with Crippen LogP contribution in [0, 0.1) is 11.8 Å². The molecule has 0 unspecified atom stereocenters. The predicted molar refractivity (Wildman–Crippen MR) is 142 cm³/mol. The Morgan fingerprint density at radius 2 is 1.75 bits per heavy atom. The fourth-order valence-corrected chi connectivity index (χ4v) is 3.27. The van der Waals surface area contributed by atoms with Crippen LogP contribution < -0.4 is 11.5 Å². The molecule has 5 N–H and O–H groups in total. The van der Waals surface area contributed by atoms with Crippen molar-refractivity contribution in [1.82, 2.24) is 4.98 Å². The minimum Gasteiger partial charge on any atom is -0.476 e. The van der Waals surface area contributed by atoms with Crippen molar-refractivity contribution in [3.63, 3.8) is 0 Å². The van der Waals surface area contributed by atoms with E-state index in [1.54, 1.807) is 0 Å². The van der Waals surface area contributed by atoms with Crippen LogP contribution in [0.15, 0.2) is 40.9 Å². The zero-order valence-corrected chi connectivity index (χ0v) is 22.0. The van der Waals surface area contributed by atoms with Gasteiger partial charge in [0.25, 0.3) is 5.91 Å². The number of aromatic carboxylic acids is 1. The number of halogens is 2. The van der Waals surface area contributed by atoms with Crippen LogP contribution in [0.1, 0.15) is 93.6 Å². The number of benzene rings is 1. The fraction of sp³-hybridized carbons (Fsp3) is 0.407. The van der Waals surface area contributed by atoms with E-state index in [1.807, 2.05) is 41.5 Å². The molecular weight excluding hydrogens is 466 g/mol. The van der Waals surface area contributed by atoms with E-state index < -0.39 is 29.3 Å². The molecule has 1 aliphatic rings. The Labute approximate surface area is 212 Å². The quantitative estimate of drug-likeness (QED) is 0.310. The number of nitrogens with zero attached hydrogens (tertiary/aromatic N) is 2. The van der Waals surface area contributed by atoms with Crippen LogP contribution >= 0.6 is 0 Å². The Bertz CT molecular complexity index is 1080. The summed E-state index contributed by atoms with van der Waals surface area (Å²) < 4.78 is 25.9. The van der Waals surface area contributed by atoms with Crippen molar-refractivity contribution in [3.8, 4) is 0 Å². The van der Waals surface area contributed by atoms with Crippen LogP contribution in [0.4, 0.5) is 20.2 Å². The van der Waals surface area contributed by atoms with E-state index in [0.717, 1.165) is 37.1 Å². The Kier molecular flexibility index (Phi) is 15.2.